The summed E-state index contributed by atoms with van der Waals surface area (Å²) in [6.07, 6.45) is 6.54. The van der Waals surface area contributed by atoms with E-state index in [2.05, 4.69) is 25.5 Å². The maximum absolute atomic E-state index is 16.3. The molecule has 2 amide bonds. The van der Waals surface area contributed by atoms with Crippen molar-refractivity contribution in [1.29, 1.82) is 0 Å². The predicted molar refractivity (Wildman–Crippen MR) is 132 cm³/mol. The predicted octanol–water partition coefficient (Wildman–Crippen LogP) is 1.75. The van der Waals surface area contributed by atoms with E-state index in [1.807, 2.05) is 6.92 Å². The van der Waals surface area contributed by atoms with Gasteiger partial charge < -0.3 is 14.2 Å². The van der Waals surface area contributed by atoms with Crippen LogP contribution in [0.1, 0.15) is 25.8 Å². The Morgan fingerprint density at radius 2 is 2.03 bits per heavy atom. The minimum absolute atomic E-state index is 0.0728. The van der Waals surface area contributed by atoms with Gasteiger partial charge in [-0.1, -0.05) is 5.16 Å². The molecule has 1 aromatic carbocycles. The summed E-state index contributed by atoms with van der Waals surface area (Å²) < 4.78 is 29.2. The standard InChI is InChI=1S/C26H22FN7O5/c1-12-10-33-21-14(7-26(23(33)13(2)38-12)18(35)6-19(36)31-25(26)37)5-16-22(20(21)27)39-32-24(16)34-11-15(8-30-34)17-9-28-3-4-29-17/h3-5,8-9,11-13,23H,6-7,10H2,1-2H3,(H,31,36,37)/t12-,13+,23-,26?/m1/s1. The molecule has 0 saturated carbocycles. The van der Waals surface area contributed by atoms with Crippen molar-refractivity contribution in [1.82, 2.24) is 30.2 Å². The molecule has 12 nitrogen and oxygen atoms in total. The van der Waals surface area contributed by atoms with Gasteiger partial charge in [-0.15, -0.1) is 0 Å². The number of ether oxygens (including phenoxy) is 1. The molecule has 3 aliphatic rings. The second-order valence-corrected chi connectivity index (χ2v) is 10.2. The van der Waals surface area contributed by atoms with E-state index in [-0.39, 0.29) is 36.2 Å². The van der Waals surface area contributed by atoms with Crippen molar-refractivity contribution in [2.45, 2.75) is 44.9 Å². The summed E-state index contributed by atoms with van der Waals surface area (Å²) in [6.45, 7) is 3.84. The highest BCUT2D eigenvalue weighted by molar-refractivity contribution is 6.22. The van der Waals surface area contributed by atoms with Gasteiger partial charge in [0.15, 0.2) is 11.6 Å². The van der Waals surface area contributed by atoms with Crippen molar-refractivity contribution in [3.05, 3.63) is 48.4 Å². The van der Waals surface area contributed by atoms with Crippen LogP contribution in [0.4, 0.5) is 10.1 Å². The number of Topliss-reactive ketones (excluding diaryl/α,β-unsaturated/α-hetero) is 1. The zero-order valence-corrected chi connectivity index (χ0v) is 20.9. The molecule has 2 saturated heterocycles. The van der Waals surface area contributed by atoms with Crippen molar-refractivity contribution in [3.8, 4) is 17.1 Å². The zero-order valence-electron chi connectivity index (χ0n) is 20.9. The molecule has 6 heterocycles. The largest absolute Gasteiger partial charge is 0.372 e. The van der Waals surface area contributed by atoms with E-state index in [4.69, 9.17) is 9.26 Å². The zero-order chi connectivity index (χ0) is 27.1. The van der Waals surface area contributed by atoms with Gasteiger partial charge in [0.2, 0.25) is 23.2 Å². The molecule has 1 unspecified atom stereocenters. The van der Waals surface area contributed by atoms with Crippen LogP contribution < -0.4 is 10.2 Å². The lowest BCUT2D eigenvalue weighted by Gasteiger charge is -2.55. The molecule has 4 aromatic rings. The van der Waals surface area contributed by atoms with Gasteiger partial charge in [0.05, 0.1) is 53.8 Å². The quantitative estimate of drug-likeness (QED) is 0.300. The highest BCUT2D eigenvalue weighted by Gasteiger charge is 2.62. The molecule has 1 N–H and O–H groups in total. The van der Waals surface area contributed by atoms with Gasteiger partial charge in [-0.05, 0) is 31.9 Å². The van der Waals surface area contributed by atoms with Gasteiger partial charge in [0.1, 0.15) is 5.41 Å². The maximum Gasteiger partial charge on any atom is 0.242 e. The van der Waals surface area contributed by atoms with Gasteiger partial charge >= 0.3 is 0 Å². The number of fused-ring (bicyclic) bond motifs is 5. The summed E-state index contributed by atoms with van der Waals surface area (Å²) in [4.78, 5) is 49.0. The fraction of sp³-hybridized carbons (Fsp3) is 0.346. The third-order valence-corrected chi connectivity index (χ3v) is 7.82. The Balaban J connectivity index is 1.40. The monoisotopic (exact) mass is 531 g/mol. The number of hydrogen-bond donors (Lipinski definition) is 1. The van der Waals surface area contributed by atoms with Crippen molar-refractivity contribution < 1.29 is 28.0 Å². The highest BCUT2D eigenvalue weighted by atomic mass is 19.1. The fourth-order valence-corrected chi connectivity index (χ4v) is 6.32. The van der Waals surface area contributed by atoms with E-state index in [1.54, 1.807) is 48.9 Å². The Bertz CT molecular complexity index is 1660. The molecule has 3 aromatic heterocycles. The molecular weight excluding hydrogens is 509 g/mol. The number of carbonyl (C=O) groups excluding carboxylic acids is 3. The van der Waals surface area contributed by atoms with Crippen LogP contribution in [0, 0.1) is 11.2 Å². The Hall–Kier alpha value is -4.52. The van der Waals surface area contributed by atoms with Crippen LogP contribution in [-0.2, 0) is 25.5 Å². The third-order valence-electron chi connectivity index (χ3n) is 7.82. The van der Waals surface area contributed by atoms with Crippen LogP contribution in [0.15, 0.2) is 41.6 Å². The average molecular weight is 532 g/mol. The number of rotatable bonds is 2. The number of nitrogens with zero attached hydrogens (tertiary/aromatic N) is 6. The SMILES string of the molecule is C[C@@H]1CN2c3c(cc4c(-n5cc(-c6cnccn6)cn5)noc4c3F)CC3(C(=O)CC(=O)NC3=O)[C@H]2[C@H](C)O1. The van der Waals surface area contributed by atoms with Crippen molar-refractivity contribution in [2.75, 3.05) is 11.4 Å². The van der Waals surface area contributed by atoms with Crippen molar-refractivity contribution in [2.24, 2.45) is 5.41 Å². The molecule has 198 valence electrons. The van der Waals surface area contributed by atoms with Crippen LogP contribution >= 0.6 is 0 Å². The number of hydrogen-bond acceptors (Lipinski definition) is 10. The lowest BCUT2D eigenvalue weighted by molar-refractivity contribution is -0.158. The van der Waals surface area contributed by atoms with E-state index >= 15 is 4.39 Å². The summed E-state index contributed by atoms with van der Waals surface area (Å²) in [6, 6.07) is 0.875. The molecular formula is C26H22FN7O5. The Morgan fingerprint density at radius 1 is 1.18 bits per heavy atom. The number of imide groups is 1. The number of carbonyl (C=O) groups is 3. The fourth-order valence-electron chi connectivity index (χ4n) is 6.32. The summed E-state index contributed by atoms with van der Waals surface area (Å²) in [5.41, 5.74) is 0.242. The molecule has 3 aliphatic heterocycles. The molecule has 1 spiro atoms. The first-order chi connectivity index (χ1) is 18.8. The first-order valence-corrected chi connectivity index (χ1v) is 12.5. The van der Waals surface area contributed by atoms with Crippen LogP contribution in [0.25, 0.3) is 28.0 Å². The van der Waals surface area contributed by atoms with E-state index < -0.39 is 47.4 Å². The van der Waals surface area contributed by atoms with Crippen LogP contribution in [0.5, 0.6) is 0 Å². The van der Waals surface area contributed by atoms with Crippen molar-refractivity contribution >= 4 is 34.3 Å². The molecule has 0 bridgehead atoms. The molecule has 13 heteroatoms. The summed E-state index contributed by atoms with van der Waals surface area (Å²) in [7, 11) is 0. The summed E-state index contributed by atoms with van der Waals surface area (Å²) >= 11 is 0. The number of piperidine rings is 1. The first kappa shape index (κ1) is 23.6. The lowest BCUT2D eigenvalue weighted by Crippen LogP contribution is -2.72. The Morgan fingerprint density at radius 3 is 2.79 bits per heavy atom. The van der Waals surface area contributed by atoms with E-state index in [1.165, 1.54) is 4.68 Å². The number of halogens is 1. The third kappa shape index (κ3) is 3.29. The van der Waals surface area contributed by atoms with Crippen LogP contribution in [-0.4, -0.2) is 67.3 Å². The Kier molecular flexibility index (Phi) is 4.98. The Labute approximate surface area is 220 Å². The molecule has 7 rings (SSSR count). The summed E-state index contributed by atoms with van der Waals surface area (Å²) in [5.74, 6) is -2.26. The van der Waals surface area contributed by atoms with E-state index in [0.29, 0.717) is 22.2 Å². The number of anilines is 1. The van der Waals surface area contributed by atoms with Gasteiger partial charge in [-0.3, -0.25) is 29.7 Å². The first-order valence-electron chi connectivity index (χ1n) is 12.5. The number of nitrogens with one attached hydrogen (secondary N) is 1. The second-order valence-electron chi connectivity index (χ2n) is 10.2. The second kappa shape index (κ2) is 8.24. The number of benzene rings is 1. The molecule has 2 fully saturated rings. The summed E-state index contributed by atoms with van der Waals surface area (Å²) in [5, 5.41) is 11.1. The smallest absolute Gasteiger partial charge is 0.242 e. The van der Waals surface area contributed by atoms with Crippen molar-refractivity contribution in [3.63, 3.8) is 0 Å². The lowest BCUT2D eigenvalue weighted by atomic mass is 9.63. The highest BCUT2D eigenvalue weighted by Crippen LogP contribution is 2.50. The normalized spacial score (nSPS) is 26.6. The average Bonchev–Trinajstić information content (AvgIpc) is 3.55. The van der Waals surface area contributed by atoms with Gasteiger partial charge in [-0.2, -0.15) is 5.10 Å². The molecule has 0 radical (unpaired) electrons. The molecule has 4 atom stereocenters. The number of amides is 2. The number of ketones is 1. The van der Waals surface area contributed by atoms with Gasteiger partial charge in [0, 0.05) is 30.7 Å². The minimum Gasteiger partial charge on any atom is -0.372 e. The number of aromatic nitrogens is 5. The number of morpholine rings is 1. The van der Waals surface area contributed by atoms with Gasteiger partial charge in [-0.25, -0.2) is 9.07 Å². The van der Waals surface area contributed by atoms with E-state index in [9.17, 15) is 14.4 Å². The minimum atomic E-state index is -1.62. The molecule has 39 heavy (non-hydrogen) atoms. The molecule has 0 aliphatic carbocycles. The van der Waals surface area contributed by atoms with Gasteiger partial charge in [0.25, 0.3) is 0 Å². The van der Waals surface area contributed by atoms with Crippen LogP contribution in [0.3, 0.4) is 0 Å². The topological polar surface area (TPSA) is 145 Å². The van der Waals surface area contributed by atoms with E-state index in [0.717, 1.165) is 0 Å². The van der Waals surface area contributed by atoms with Crippen LogP contribution in [0.2, 0.25) is 0 Å². The maximum atomic E-state index is 16.3.